The first-order chi connectivity index (χ1) is 5.66. The zero-order valence-corrected chi connectivity index (χ0v) is 6.91. The van der Waals surface area contributed by atoms with Crippen LogP contribution in [0.15, 0.2) is 0 Å². The molecule has 0 saturated carbocycles. The minimum atomic E-state index is -0.479. The summed E-state index contributed by atoms with van der Waals surface area (Å²) >= 11 is 0. The summed E-state index contributed by atoms with van der Waals surface area (Å²) in [7, 11) is 0. The van der Waals surface area contributed by atoms with Crippen LogP contribution in [0.2, 0.25) is 0 Å². The van der Waals surface area contributed by atoms with Gasteiger partial charge in [-0.05, 0) is 6.42 Å². The molecule has 2 amide bonds. The smallest absolute Gasteiger partial charge is 0.242 e. The molecule has 1 rings (SSSR count). The SMILES string of the molecule is CC(=O)N(CO)C1CCNC1=O. The minimum absolute atomic E-state index is 0.181. The first kappa shape index (κ1) is 8.99. The van der Waals surface area contributed by atoms with E-state index in [1.165, 1.54) is 6.92 Å². The van der Waals surface area contributed by atoms with Crippen LogP contribution < -0.4 is 5.32 Å². The molecule has 1 saturated heterocycles. The van der Waals surface area contributed by atoms with Crippen LogP contribution in [0.25, 0.3) is 0 Å². The zero-order valence-electron chi connectivity index (χ0n) is 6.91. The number of hydrogen-bond acceptors (Lipinski definition) is 3. The van der Waals surface area contributed by atoms with E-state index >= 15 is 0 Å². The molecule has 2 N–H and O–H groups in total. The molecule has 1 unspecified atom stereocenters. The lowest BCUT2D eigenvalue weighted by molar-refractivity contribution is -0.141. The van der Waals surface area contributed by atoms with E-state index in [0.29, 0.717) is 13.0 Å². The van der Waals surface area contributed by atoms with Crippen molar-refractivity contribution in [3.63, 3.8) is 0 Å². The standard InChI is InChI=1S/C7H12N2O3/c1-5(11)9(4-10)6-2-3-8-7(6)12/h6,10H,2-4H2,1H3,(H,8,12). The lowest BCUT2D eigenvalue weighted by Gasteiger charge is -2.22. The zero-order chi connectivity index (χ0) is 9.14. The predicted octanol–water partition coefficient (Wildman–Crippen LogP) is -1.33. The first-order valence-electron chi connectivity index (χ1n) is 3.82. The molecule has 0 aromatic carbocycles. The number of carbonyl (C=O) groups is 2. The number of hydrogen-bond donors (Lipinski definition) is 2. The summed E-state index contributed by atoms with van der Waals surface area (Å²) in [5.41, 5.74) is 0. The minimum Gasteiger partial charge on any atom is -0.376 e. The fourth-order valence-electron chi connectivity index (χ4n) is 1.30. The highest BCUT2D eigenvalue weighted by Crippen LogP contribution is 2.08. The highest BCUT2D eigenvalue weighted by molar-refractivity contribution is 5.88. The summed E-state index contributed by atoms with van der Waals surface area (Å²) in [6, 6.07) is -0.479. The van der Waals surface area contributed by atoms with Gasteiger partial charge in [-0.1, -0.05) is 0 Å². The van der Waals surface area contributed by atoms with Crippen molar-refractivity contribution in [1.29, 1.82) is 0 Å². The average molecular weight is 172 g/mol. The molecule has 1 heterocycles. The summed E-state index contributed by atoms with van der Waals surface area (Å²) in [6.07, 6.45) is 0.582. The van der Waals surface area contributed by atoms with Crippen LogP contribution in [0.3, 0.4) is 0 Å². The molecule has 1 aliphatic rings. The van der Waals surface area contributed by atoms with E-state index in [1.807, 2.05) is 0 Å². The van der Waals surface area contributed by atoms with Crippen molar-refractivity contribution in [2.45, 2.75) is 19.4 Å². The van der Waals surface area contributed by atoms with Crippen molar-refractivity contribution in [2.24, 2.45) is 0 Å². The third-order valence-corrected chi connectivity index (χ3v) is 1.95. The van der Waals surface area contributed by atoms with Crippen molar-refractivity contribution in [3.05, 3.63) is 0 Å². The molecule has 0 spiro atoms. The second-order valence-electron chi connectivity index (χ2n) is 2.73. The Morgan fingerprint density at radius 1 is 1.83 bits per heavy atom. The maximum absolute atomic E-state index is 11.1. The lowest BCUT2D eigenvalue weighted by Crippen LogP contribution is -2.43. The molecule has 0 aromatic heterocycles. The number of amides is 2. The van der Waals surface area contributed by atoms with Gasteiger partial charge in [-0.2, -0.15) is 0 Å². The van der Waals surface area contributed by atoms with E-state index < -0.39 is 12.8 Å². The Kier molecular flexibility index (Phi) is 2.65. The van der Waals surface area contributed by atoms with Gasteiger partial charge in [0.1, 0.15) is 12.8 Å². The maximum atomic E-state index is 11.1. The Balaban J connectivity index is 2.65. The molecule has 68 valence electrons. The van der Waals surface area contributed by atoms with Crippen molar-refractivity contribution in [2.75, 3.05) is 13.3 Å². The van der Waals surface area contributed by atoms with Crippen molar-refractivity contribution in [3.8, 4) is 0 Å². The van der Waals surface area contributed by atoms with Crippen LogP contribution in [0.1, 0.15) is 13.3 Å². The van der Waals surface area contributed by atoms with Gasteiger partial charge in [-0.25, -0.2) is 0 Å². The van der Waals surface area contributed by atoms with E-state index in [1.54, 1.807) is 0 Å². The molecule has 0 bridgehead atoms. The van der Waals surface area contributed by atoms with Crippen molar-refractivity contribution >= 4 is 11.8 Å². The van der Waals surface area contributed by atoms with Crippen LogP contribution in [-0.4, -0.2) is 41.1 Å². The van der Waals surface area contributed by atoms with Gasteiger partial charge in [0.15, 0.2) is 0 Å². The quantitative estimate of drug-likeness (QED) is 0.507. The molecule has 1 fully saturated rings. The van der Waals surface area contributed by atoms with Gasteiger partial charge >= 0.3 is 0 Å². The van der Waals surface area contributed by atoms with Gasteiger partial charge in [0.05, 0.1) is 0 Å². The molecule has 0 radical (unpaired) electrons. The fraction of sp³-hybridized carbons (Fsp3) is 0.714. The molecular weight excluding hydrogens is 160 g/mol. The number of nitrogens with zero attached hydrogens (tertiary/aromatic N) is 1. The summed E-state index contributed by atoms with van der Waals surface area (Å²) in [5.74, 6) is -0.459. The molecule has 12 heavy (non-hydrogen) atoms. The Hall–Kier alpha value is -1.10. The van der Waals surface area contributed by atoms with Gasteiger partial charge in [0, 0.05) is 13.5 Å². The van der Waals surface area contributed by atoms with Crippen LogP contribution in [0.5, 0.6) is 0 Å². The number of aliphatic hydroxyl groups is 1. The molecule has 0 aromatic rings. The van der Waals surface area contributed by atoms with Crippen molar-refractivity contribution in [1.82, 2.24) is 10.2 Å². The van der Waals surface area contributed by atoms with E-state index in [-0.39, 0.29) is 11.8 Å². The summed E-state index contributed by atoms with van der Waals surface area (Å²) in [4.78, 5) is 23.1. The van der Waals surface area contributed by atoms with E-state index in [2.05, 4.69) is 5.32 Å². The number of rotatable bonds is 2. The van der Waals surface area contributed by atoms with Gasteiger partial charge in [-0.15, -0.1) is 0 Å². The normalized spacial score (nSPS) is 22.2. The van der Waals surface area contributed by atoms with Crippen LogP contribution in [0.4, 0.5) is 0 Å². The third-order valence-electron chi connectivity index (χ3n) is 1.95. The Labute approximate surface area is 70.4 Å². The van der Waals surface area contributed by atoms with Crippen LogP contribution in [0, 0.1) is 0 Å². The molecule has 1 aliphatic heterocycles. The predicted molar refractivity (Wildman–Crippen MR) is 41.0 cm³/mol. The van der Waals surface area contributed by atoms with Crippen molar-refractivity contribution < 1.29 is 14.7 Å². The number of aliphatic hydroxyl groups excluding tert-OH is 1. The summed E-state index contributed by atoms with van der Waals surface area (Å²) in [5, 5.41) is 11.4. The maximum Gasteiger partial charge on any atom is 0.242 e. The Morgan fingerprint density at radius 3 is 2.83 bits per heavy atom. The van der Waals surface area contributed by atoms with Gasteiger partial charge < -0.3 is 15.3 Å². The second kappa shape index (κ2) is 3.53. The largest absolute Gasteiger partial charge is 0.376 e. The molecular formula is C7H12N2O3. The molecule has 5 nitrogen and oxygen atoms in total. The van der Waals surface area contributed by atoms with E-state index in [4.69, 9.17) is 5.11 Å². The topological polar surface area (TPSA) is 69.6 Å². The summed E-state index contributed by atoms with van der Waals surface area (Å²) in [6.45, 7) is 1.52. The Morgan fingerprint density at radius 2 is 2.50 bits per heavy atom. The Bertz CT molecular complexity index is 205. The fourth-order valence-corrected chi connectivity index (χ4v) is 1.30. The molecule has 5 heteroatoms. The summed E-state index contributed by atoms with van der Waals surface area (Å²) < 4.78 is 0. The van der Waals surface area contributed by atoms with Gasteiger partial charge in [-0.3, -0.25) is 9.59 Å². The average Bonchev–Trinajstić information content (AvgIpc) is 2.38. The van der Waals surface area contributed by atoms with Gasteiger partial charge in [0.2, 0.25) is 11.8 Å². The monoisotopic (exact) mass is 172 g/mol. The van der Waals surface area contributed by atoms with E-state index in [9.17, 15) is 9.59 Å². The van der Waals surface area contributed by atoms with Gasteiger partial charge in [0.25, 0.3) is 0 Å². The van der Waals surface area contributed by atoms with Crippen LogP contribution >= 0.6 is 0 Å². The second-order valence-corrected chi connectivity index (χ2v) is 2.73. The highest BCUT2D eigenvalue weighted by Gasteiger charge is 2.31. The first-order valence-corrected chi connectivity index (χ1v) is 3.82. The number of nitrogens with one attached hydrogen (secondary N) is 1. The van der Waals surface area contributed by atoms with E-state index in [0.717, 1.165) is 4.90 Å². The third kappa shape index (κ3) is 1.55. The highest BCUT2D eigenvalue weighted by atomic mass is 16.3. The molecule has 1 atom stereocenters. The molecule has 0 aliphatic carbocycles. The number of carbonyl (C=O) groups excluding carboxylic acids is 2. The lowest BCUT2D eigenvalue weighted by atomic mass is 10.2. The van der Waals surface area contributed by atoms with Crippen LogP contribution in [-0.2, 0) is 9.59 Å².